The fraction of sp³-hybridized carbons (Fsp3) is 0.500. The van der Waals surface area contributed by atoms with Crippen molar-refractivity contribution in [3.05, 3.63) is 41.1 Å². The van der Waals surface area contributed by atoms with E-state index in [4.69, 9.17) is 9.15 Å². The summed E-state index contributed by atoms with van der Waals surface area (Å²) in [7, 11) is 0. The van der Waals surface area contributed by atoms with Crippen molar-refractivity contribution < 1.29 is 13.9 Å². The number of rotatable bonds is 3. The number of carbonyl (C=O) groups is 1. The molecule has 1 unspecified atom stereocenters. The molecule has 0 N–H and O–H groups in total. The lowest BCUT2D eigenvalue weighted by molar-refractivity contribution is 0.0561. The number of amides is 1. The second-order valence-corrected chi connectivity index (χ2v) is 8.30. The van der Waals surface area contributed by atoms with Crippen LogP contribution in [0, 0.1) is 0 Å². The third-order valence-electron chi connectivity index (χ3n) is 5.65. The minimum absolute atomic E-state index is 0.0193. The third kappa shape index (κ3) is 3.31. The molecule has 0 aliphatic carbocycles. The molecule has 1 amide bonds. The maximum atomic E-state index is 13.3. The molecule has 1 atom stereocenters. The van der Waals surface area contributed by atoms with Crippen molar-refractivity contribution in [3.63, 3.8) is 0 Å². The van der Waals surface area contributed by atoms with Gasteiger partial charge in [-0.25, -0.2) is 4.98 Å². The maximum Gasteiger partial charge on any atom is 0.254 e. The van der Waals surface area contributed by atoms with Crippen molar-refractivity contribution in [3.8, 4) is 0 Å². The smallest absolute Gasteiger partial charge is 0.254 e. The number of hydrogen-bond acceptors (Lipinski definition) is 7. The Labute approximate surface area is 166 Å². The Bertz CT molecular complexity index is 979. The molecule has 0 radical (unpaired) electrons. The Balaban J connectivity index is 1.40. The van der Waals surface area contributed by atoms with Crippen LogP contribution in [-0.4, -0.2) is 45.7 Å². The van der Waals surface area contributed by atoms with Crippen LogP contribution in [0.5, 0.6) is 0 Å². The highest BCUT2D eigenvalue weighted by atomic mass is 32.1. The van der Waals surface area contributed by atoms with E-state index in [9.17, 15) is 4.79 Å². The van der Waals surface area contributed by atoms with E-state index in [0.717, 1.165) is 55.5 Å². The van der Waals surface area contributed by atoms with E-state index in [1.165, 1.54) is 0 Å². The molecule has 146 valence electrons. The number of benzene rings is 1. The minimum Gasteiger partial charge on any atom is -0.423 e. The highest BCUT2D eigenvalue weighted by molar-refractivity contribution is 7.16. The van der Waals surface area contributed by atoms with Crippen molar-refractivity contribution in [2.24, 2.45) is 0 Å². The SMILES string of the molecule is O=C(c1ccc2ncsc2c1)N1CCCCC1c1nnc(C2CCOCC2)o1. The highest BCUT2D eigenvalue weighted by Crippen LogP contribution is 2.34. The van der Waals surface area contributed by atoms with Crippen LogP contribution in [0.1, 0.15) is 66.2 Å². The van der Waals surface area contributed by atoms with E-state index in [1.54, 1.807) is 16.8 Å². The summed E-state index contributed by atoms with van der Waals surface area (Å²) in [4.78, 5) is 19.4. The van der Waals surface area contributed by atoms with Gasteiger partial charge in [0, 0.05) is 31.2 Å². The highest BCUT2D eigenvalue weighted by Gasteiger charge is 2.33. The minimum atomic E-state index is -0.153. The number of likely N-dealkylation sites (tertiary alicyclic amines) is 1. The molecule has 3 aromatic rings. The molecule has 2 aromatic heterocycles. The number of hydrogen-bond donors (Lipinski definition) is 0. The average molecular weight is 398 g/mol. The van der Waals surface area contributed by atoms with Gasteiger partial charge in [-0.05, 0) is 50.3 Å². The van der Waals surface area contributed by atoms with Gasteiger partial charge in [0.1, 0.15) is 6.04 Å². The zero-order chi connectivity index (χ0) is 18.9. The number of piperidine rings is 1. The second-order valence-electron chi connectivity index (χ2n) is 7.41. The van der Waals surface area contributed by atoms with E-state index < -0.39 is 0 Å². The molecule has 2 saturated heterocycles. The van der Waals surface area contributed by atoms with Gasteiger partial charge >= 0.3 is 0 Å². The topological polar surface area (TPSA) is 81.4 Å². The summed E-state index contributed by atoms with van der Waals surface area (Å²) in [5.74, 6) is 1.53. The number of nitrogens with zero attached hydrogens (tertiary/aromatic N) is 4. The van der Waals surface area contributed by atoms with Gasteiger partial charge in [0.25, 0.3) is 5.91 Å². The van der Waals surface area contributed by atoms with Crippen LogP contribution in [-0.2, 0) is 4.74 Å². The molecule has 7 nitrogen and oxygen atoms in total. The van der Waals surface area contributed by atoms with E-state index in [0.29, 0.717) is 23.9 Å². The monoisotopic (exact) mass is 398 g/mol. The zero-order valence-electron chi connectivity index (χ0n) is 15.5. The van der Waals surface area contributed by atoms with E-state index >= 15 is 0 Å². The molecule has 0 saturated carbocycles. The molecule has 2 aliphatic heterocycles. The first kappa shape index (κ1) is 17.8. The molecule has 2 fully saturated rings. The van der Waals surface area contributed by atoms with Gasteiger partial charge in [-0.1, -0.05) is 0 Å². The van der Waals surface area contributed by atoms with E-state index in [2.05, 4.69) is 15.2 Å². The predicted molar refractivity (Wildman–Crippen MR) is 104 cm³/mol. The summed E-state index contributed by atoms with van der Waals surface area (Å²) in [6.45, 7) is 2.17. The maximum absolute atomic E-state index is 13.3. The molecular formula is C20H22N4O3S. The fourth-order valence-electron chi connectivity index (χ4n) is 4.08. The average Bonchev–Trinajstić information content (AvgIpc) is 3.43. The number of carbonyl (C=O) groups excluding carboxylic acids is 1. The molecule has 28 heavy (non-hydrogen) atoms. The van der Waals surface area contributed by atoms with Gasteiger partial charge in [-0.2, -0.15) is 0 Å². The Morgan fingerprint density at radius 1 is 1.11 bits per heavy atom. The molecule has 0 bridgehead atoms. The van der Waals surface area contributed by atoms with Crippen molar-refractivity contribution in [2.45, 2.75) is 44.1 Å². The van der Waals surface area contributed by atoms with Gasteiger partial charge in [0.05, 0.1) is 15.7 Å². The lowest BCUT2D eigenvalue weighted by Crippen LogP contribution is -2.38. The Kier molecular flexibility index (Phi) is 4.82. The largest absolute Gasteiger partial charge is 0.423 e. The first-order valence-corrected chi connectivity index (χ1v) is 10.7. The predicted octanol–water partition coefficient (Wildman–Crippen LogP) is 3.94. The van der Waals surface area contributed by atoms with Crippen LogP contribution < -0.4 is 0 Å². The van der Waals surface area contributed by atoms with Gasteiger partial charge in [-0.15, -0.1) is 21.5 Å². The van der Waals surface area contributed by atoms with Crippen LogP contribution in [0.15, 0.2) is 28.1 Å². The first-order chi connectivity index (χ1) is 13.8. The number of aromatic nitrogens is 3. The quantitative estimate of drug-likeness (QED) is 0.665. The number of thiazole rings is 1. The third-order valence-corrected chi connectivity index (χ3v) is 6.45. The van der Waals surface area contributed by atoms with Crippen LogP contribution in [0.25, 0.3) is 10.2 Å². The van der Waals surface area contributed by atoms with Gasteiger partial charge in [-0.3, -0.25) is 4.79 Å². The Morgan fingerprint density at radius 3 is 2.86 bits per heavy atom. The van der Waals surface area contributed by atoms with Crippen LogP contribution in [0.2, 0.25) is 0 Å². The van der Waals surface area contributed by atoms with Crippen LogP contribution in [0.4, 0.5) is 0 Å². The zero-order valence-corrected chi connectivity index (χ0v) is 16.4. The van der Waals surface area contributed by atoms with Crippen molar-refractivity contribution in [1.82, 2.24) is 20.1 Å². The Morgan fingerprint density at radius 2 is 1.96 bits per heavy atom. The summed E-state index contributed by atoms with van der Waals surface area (Å²) >= 11 is 1.55. The van der Waals surface area contributed by atoms with E-state index in [-0.39, 0.29) is 17.9 Å². The summed E-state index contributed by atoms with van der Waals surface area (Å²) in [5, 5.41) is 8.62. The molecule has 8 heteroatoms. The summed E-state index contributed by atoms with van der Waals surface area (Å²) < 4.78 is 12.5. The lowest BCUT2D eigenvalue weighted by Gasteiger charge is -2.33. The normalized spacial score (nSPS) is 21.3. The summed E-state index contributed by atoms with van der Waals surface area (Å²) in [6.07, 6.45) is 4.71. The van der Waals surface area contributed by atoms with Gasteiger partial charge < -0.3 is 14.1 Å². The fourth-order valence-corrected chi connectivity index (χ4v) is 4.79. The van der Waals surface area contributed by atoms with Gasteiger partial charge in [0.15, 0.2) is 0 Å². The van der Waals surface area contributed by atoms with Crippen LogP contribution >= 0.6 is 11.3 Å². The number of fused-ring (bicyclic) bond motifs is 1. The van der Waals surface area contributed by atoms with Crippen LogP contribution in [0.3, 0.4) is 0 Å². The van der Waals surface area contributed by atoms with E-state index in [1.807, 2.05) is 23.1 Å². The van der Waals surface area contributed by atoms with Crippen molar-refractivity contribution >= 4 is 27.5 Å². The van der Waals surface area contributed by atoms with Gasteiger partial charge in [0.2, 0.25) is 11.8 Å². The standard InChI is InChI=1S/C20H22N4O3S/c25-20(14-4-5-15-17(11-14)28-12-21-15)24-8-2-1-3-16(24)19-23-22-18(27-19)13-6-9-26-10-7-13/h4-5,11-13,16H,1-3,6-10H2. The first-order valence-electron chi connectivity index (χ1n) is 9.85. The summed E-state index contributed by atoms with van der Waals surface area (Å²) in [6, 6.07) is 5.55. The Hall–Kier alpha value is -2.32. The lowest BCUT2D eigenvalue weighted by atomic mass is 10.00. The second kappa shape index (κ2) is 7.60. The molecule has 5 rings (SSSR count). The summed E-state index contributed by atoms with van der Waals surface area (Å²) in [5.41, 5.74) is 3.42. The molecule has 4 heterocycles. The van der Waals surface area contributed by atoms with Crippen molar-refractivity contribution in [1.29, 1.82) is 0 Å². The number of ether oxygens (including phenoxy) is 1. The molecule has 1 aromatic carbocycles. The molecular weight excluding hydrogens is 376 g/mol. The van der Waals surface area contributed by atoms with Crippen molar-refractivity contribution in [2.75, 3.05) is 19.8 Å². The molecule has 2 aliphatic rings. The molecule has 0 spiro atoms.